The zero-order valence-electron chi connectivity index (χ0n) is 12.9. The van der Waals surface area contributed by atoms with Crippen LogP contribution in [0.25, 0.3) is 5.69 Å². The number of carbonyl (C=O) groups excluding carboxylic acids is 1. The highest BCUT2D eigenvalue weighted by Crippen LogP contribution is 2.47. The van der Waals surface area contributed by atoms with Gasteiger partial charge in [0, 0.05) is 24.5 Å². The van der Waals surface area contributed by atoms with Gasteiger partial charge in [0.25, 0.3) is 0 Å². The molecule has 2 fully saturated rings. The van der Waals surface area contributed by atoms with Crippen molar-refractivity contribution in [1.29, 1.82) is 0 Å². The molecular formula is C16H20N6O. The number of para-hydroxylation sites is 1. The van der Waals surface area contributed by atoms with Gasteiger partial charge in [0.05, 0.1) is 11.9 Å². The molecule has 2 aromatic rings. The molecule has 2 amide bonds. The molecule has 1 aromatic carbocycles. The average Bonchev–Trinajstić information content (AvgIpc) is 3.12. The molecule has 1 atom stereocenters. The summed E-state index contributed by atoms with van der Waals surface area (Å²) in [6.45, 7) is 1.35. The van der Waals surface area contributed by atoms with Gasteiger partial charge in [0.2, 0.25) is 0 Å². The number of anilines is 1. The van der Waals surface area contributed by atoms with Crippen LogP contribution >= 0.6 is 0 Å². The van der Waals surface area contributed by atoms with E-state index in [4.69, 9.17) is 5.73 Å². The van der Waals surface area contributed by atoms with Crippen molar-refractivity contribution in [3.05, 3.63) is 36.5 Å². The molecule has 1 unspecified atom stereocenters. The maximum atomic E-state index is 12.4. The van der Waals surface area contributed by atoms with Gasteiger partial charge < -0.3 is 10.6 Å². The Labute approximate surface area is 134 Å². The summed E-state index contributed by atoms with van der Waals surface area (Å²) >= 11 is 0. The molecule has 0 radical (unpaired) electrons. The number of carbonyl (C=O) groups is 1. The third kappa shape index (κ3) is 2.46. The third-order valence-electron chi connectivity index (χ3n) is 5.06. The van der Waals surface area contributed by atoms with Crippen molar-refractivity contribution in [2.24, 2.45) is 11.1 Å². The molecule has 1 aromatic heterocycles. The van der Waals surface area contributed by atoms with Crippen LogP contribution in [0.4, 0.5) is 10.6 Å². The van der Waals surface area contributed by atoms with Crippen LogP contribution in [-0.4, -0.2) is 45.1 Å². The summed E-state index contributed by atoms with van der Waals surface area (Å²) in [6.07, 6.45) is 5.03. The van der Waals surface area contributed by atoms with E-state index in [0.717, 1.165) is 25.1 Å². The number of nitrogens with zero attached hydrogens (tertiary/aromatic N) is 4. The second kappa shape index (κ2) is 5.34. The van der Waals surface area contributed by atoms with E-state index in [1.54, 1.807) is 11.1 Å². The molecule has 2 heterocycles. The van der Waals surface area contributed by atoms with Gasteiger partial charge >= 0.3 is 6.03 Å². The molecule has 1 spiro atoms. The molecule has 23 heavy (non-hydrogen) atoms. The molecule has 7 nitrogen and oxygen atoms in total. The van der Waals surface area contributed by atoms with Crippen molar-refractivity contribution >= 4 is 11.8 Å². The maximum absolute atomic E-state index is 12.4. The molecule has 1 saturated carbocycles. The first-order valence-corrected chi connectivity index (χ1v) is 7.96. The first-order chi connectivity index (χ1) is 11.2. The number of nitrogens with one attached hydrogen (secondary N) is 1. The van der Waals surface area contributed by atoms with E-state index in [9.17, 15) is 4.79 Å². The Kier molecular flexibility index (Phi) is 3.30. The monoisotopic (exact) mass is 312 g/mol. The smallest absolute Gasteiger partial charge is 0.323 e. The van der Waals surface area contributed by atoms with Crippen LogP contribution in [0.5, 0.6) is 0 Å². The fraction of sp³-hybridized carbons (Fsp3) is 0.438. The van der Waals surface area contributed by atoms with E-state index in [-0.39, 0.29) is 17.5 Å². The molecule has 3 N–H and O–H groups in total. The summed E-state index contributed by atoms with van der Waals surface area (Å²) in [7, 11) is 0. The lowest BCUT2D eigenvalue weighted by molar-refractivity contribution is 0.127. The molecular weight excluding hydrogens is 292 g/mol. The lowest BCUT2D eigenvalue weighted by atomic mass is 9.66. The van der Waals surface area contributed by atoms with E-state index >= 15 is 0 Å². The number of nitrogens with two attached hydrogens (primary N) is 1. The first kappa shape index (κ1) is 14.2. The Morgan fingerprint density at radius 1 is 1.30 bits per heavy atom. The van der Waals surface area contributed by atoms with E-state index in [0.29, 0.717) is 12.4 Å². The van der Waals surface area contributed by atoms with Crippen molar-refractivity contribution < 1.29 is 4.79 Å². The number of rotatable bonds is 2. The standard InChI is InChI=1S/C16H20N6O/c17-13-10-21(11-16(13)7-4-8-16)15(23)19-14-9-18-22(20-14)12-5-2-1-3-6-12/h1-3,5-6,9,13H,4,7-8,10-11,17H2,(H,19,20,23). The topological polar surface area (TPSA) is 89.1 Å². The molecule has 1 aliphatic carbocycles. The number of benzene rings is 1. The normalized spacial score (nSPS) is 22.1. The Hall–Kier alpha value is -2.41. The first-order valence-electron chi connectivity index (χ1n) is 7.96. The Bertz CT molecular complexity index is 708. The number of urea groups is 1. The molecule has 7 heteroatoms. The van der Waals surface area contributed by atoms with Crippen LogP contribution < -0.4 is 11.1 Å². The highest BCUT2D eigenvalue weighted by molar-refractivity contribution is 5.88. The molecule has 2 aliphatic rings. The predicted molar refractivity (Wildman–Crippen MR) is 86.2 cm³/mol. The Morgan fingerprint density at radius 2 is 2.09 bits per heavy atom. The van der Waals surface area contributed by atoms with Crippen molar-refractivity contribution in [3.63, 3.8) is 0 Å². The van der Waals surface area contributed by atoms with Gasteiger partial charge in [-0.1, -0.05) is 24.6 Å². The quantitative estimate of drug-likeness (QED) is 0.881. The summed E-state index contributed by atoms with van der Waals surface area (Å²) in [5.74, 6) is 0.446. The largest absolute Gasteiger partial charge is 0.326 e. The van der Waals surface area contributed by atoms with Crippen LogP contribution in [0.2, 0.25) is 0 Å². The van der Waals surface area contributed by atoms with E-state index in [1.165, 1.54) is 11.2 Å². The fourth-order valence-corrected chi connectivity index (χ4v) is 3.50. The average molecular weight is 312 g/mol. The van der Waals surface area contributed by atoms with Crippen LogP contribution in [0.15, 0.2) is 36.5 Å². The summed E-state index contributed by atoms with van der Waals surface area (Å²) in [5.41, 5.74) is 7.23. The van der Waals surface area contributed by atoms with E-state index < -0.39 is 0 Å². The minimum Gasteiger partial charge on any atom is -0.326 e. The molecule has 1 aliphatic heterocycles. The molecule has 0 bridgehead atoms. The minimum atomic E-state index is -0.149. The van der Waals surface area contributed by atoms with Crippen molar-refractivity contribution in [2.45, 2.75) is 25.3 Å². The summed E-state index contributed by atoms with van der Waals surface area (Å²) in [6, 6.07) is 9.52. The van der Waals surface area contributed by atoms with Crippen LogP contribution in [0.3, 0.4) is 0 Å². The van der Waals surface area contributed by atoms with Gasteiger partial charge in [-0.3, -0.25) is 5.32 Å². The van der Waals surface area contributed by atoms with Crippen molar-refractivity contribution in [1.82, 2.24) is 19.9 Å². The molecule has 120 valence electrons. The van der Waals surface area contributed by atoms with Gasteiger partial charge in [-0.05, 0) is 25.0 Å². The number of likely N-dealkylation sites (tertiary alicyclic amines) is 1. The Morgan fingerprint density at radius 3 is 2.74 bits per heavy atom. The van der Waals surface area contributed by atoms with Crippen LogP contribution in [0, 0.1) is 5.41 Å². The fourth-order valence-electron chi connectivity index (χ4n) is 3.50. The number of hydrogen-bond donors (Lipinski definition) is 2. The zero-order valence-corrected chi connectivity index (χ0v) is 12.9. The number of aromatic nitrogens is 3. The predicted octanol–water partition coefficient (Wildman–Crippen LogP) is 1.61. The van der Waals surface area contributed by atoms with Gasteiger partial charge in [-0.2, -0.15) is 5.10 Å². The minimum absolute atomic E-state index is 0.0852. The number of amides is 2. The second-order valence-electron chi connectivity index (χ2n) is 6.49. The van der Waals surface area contributed by atoms with Crippen LogP contribution in [-0.2, 0) is 0 Å². The molecule has 1 saturated heterocycles. The van der Waals surface area contributed by atoms with Gasteiger partial charge in [0.1, 0.15) is 0 Å². The lowest BCUT2D eigenvalue weighted by Crippen LogP contribution is -2.45. The summed E-state index contributed by atoms with van der Waals surface area (Å²) < 4.78 is 0. The summed E-state index contributed by atoms with van der Waals surface area (Å²) in [4.78, 5) is 15.7. The van der Waals surface area contributed by atoms with Crippen molar-refractivity contribution in [3.8, 4) is 5.69 Å². The van der Waals surface area contributed by atoms with Crippen molar-refractivity contribution in [2.75, 3.05) is 18.4 Å². The highest BCUT2D eigenvalue weighted by Gasteiger charge is 2.49. The SMILES string of the molecule is NC1CN(C(=O)Nc2cnn(-c3ccccc3)n2)CC12CCC2. The van der Waals surface area contributed by atoms with Crippen LogP contribution in [0.1, 0.15) is 19.3 Å². The lowest BCUT2D eigenvalue weighted by Gasteiger charge is -2.41. The Balaban J connectivity index is 1.43. The van der Waals surface area contributed by atoms with Gasteiger partial charge in [0.15, 0.2) is 5.82 Å². The second-order valence-corrected chi connectivity index (χ2v) is 6.49. The maximum Gasteiger partial charge on any atom is 0.323 e. The third-order valence-corrected chi connectivity index (χ3v) is 5.06. The van der Waals surface area contributed by atoms with E-state index in [2.05, 4.69) is 15.5 Å². The number of hydrogen-bond acceptors (Lipinski definition) is 4. The van der Waals surface area contributed by atoms with Gasteiger partial charge in [-0.15, -0.1) is 9.90 Å². The summed E-state index contributed by atoms with van der Waals surface area (Å²) in [5, 5.41) is 11.3. The van der Waals surface area contributed by atoms with Gasteiger partial charge in [-0.25, -0.2) is 4.79 Å². The molecule has 4 rings (SSSR count). The zero-order chi connectivity index (χ0) is 15.9. The van der Waals surface area contributed by atoms with E-state index in [1.807, 2.05) is 30.3 Å². The highest BCUT2D eigenvalue weighted by atomic mass is 16.2.